The van der Waals surface area contributed by atoms with Gasteiger partial charge in [-0.3, -0.25) is 14.4 Å². The molecule has 3 unspecified atom stereocenters. The monoisotopic (exact) mass is 515 g/mol. The summed E-state index contributed by atoms with van der Waals surface area (Å²) in [6.07, 6.45) is 6.95. The molecule has 1 aliphatic carbocycles. The van der Waals surface area contributed by atoms with Gasteiger partial charge >= 0.3 is 0 Å². The number of carbonyl (C=O) groups excluding carboxylic acids is 3. The Morgan fingerprint density at radius 1 is 0.973 bits per heavy atom. The summed E-state index contributed by atoms with van der Waals surface area (Å²) < 4.78 is 0. The summed E-state index contributed by atoms with van der Waals surface area (Å²) in [5.74, 6) is -0.0147. The predicted octanol–water partition coefficient (Wildman–Crippen LogP) is 4.13. The quantitative estimate of drug-likeness (QED) is 0.299. The lowest BCUT2D eigenvalue weighted by atomic mass is 9.80. The number of amides is 3. The molecule has 37 heavy (non-hydrogen) atoms. The van der Waals surface area contributed by atoms with Crippen molar-refractivity contribution in [3.8, 4) is 0 Å². The zero-order valence-corrected chi connectivity index (χ0v) is 23.5. The van der Waals surface area contributed by atoms with Crippen molar-refractivity contribution in [2.75, 3.05) is 0 Å². The summed E-state index contributed by atoms with van der Waals surface area (Å²) >= 11 is 0. The van der Waals surface area contributed by atoms with Gasteiger partial charge in [-0.1, -0.05) is 83.7 Å². The number of nitrogens with one attached hydrogen (secondary N) is 3. The molecule has 7 heteroatoms. The van der Waals surface area contributed by atoms with Gasteiger partial charge in [-0.2, -0.15) is 0 Å². The van der Waals surface area contributed by atoms with E-state index in [9.17, 15) is 19.5 Å². The van der Waals surface area contributed by atoms with Crippen molar-refractivity contribution in [3.63, 3.8) is 0 Å². The fourth-order valence-corrected chi connectivity index (χ4v) is 5.23. The Hall–Kier alpha value is -2.41. The number of rotatable bonds is 14. The van der Waals surface area contributed by atoms with Crippen molar-refractivity contribution < 1.29 is 19.5 Å². The van der Waals surface area contributed by atoms with Gasteiger partial charge in [0.1, 0.15) is 6.04 Å². The standard InChI is InChI=1S/C30H49N3O4/c1-6-21(4)17-28(36)32-25(24-15-11-8-12-16-24)19-27(35)26(18-23-13-9-7-10-14-23)33-30(37)29(20(2)3)31-22(5)34/h7,9-10,13-14,20-21,24-27,29,35H,6,8,11-12,15-19H2,1-5H3,(H,31,34)(H,32,36)(H,33,37)/t21?,25?,26?,27-,29-/m0/s1. The average molecular weight is 516 g/mol. The highest BCUT2D eigenvalue weighted by molar-refractivity contribution is 5.87. The molecule has 4 N–H and O–H groups in total. The van der Waals surface area contributed by atoms with Crippen molar-refractivity contribution in [1.29, 1.82) is 0 Å². The van der Waals surface area contributed by atoms with Crippen molar-refractivity contribution in [1.82, 2.24) is 16.0 Å². The smallest absolute Gasteiger partial charge is 0.243 e. The summed E-state index contributed by atoms with van der Waals surface area (Å²) in [5, 5.41) is 20.5. The first-order chi connectivity index (χ1) is 17.6. The van der Waals surface area contributed by atoms with E-state index in [4.69, 9.17) is 0 Å². The second kappa shape index (κ2) is 15.8. The second-order valence-electron chi connectivity index (χ2n) is 11.3. The molecule has 1 aromatic rings. The maximum atomic E-state index is 13.2. The highest BCUT2D eigenvalue weighted by Gasteiger charge is 2.33. The Morgan fingerprint density at radius 3 is 2.19 bits per heavy atom. The van der Waals surface area contributed by atoms with E-state index in [0.29, 0.717) is 31.1 Å². The normalized spacial score (nSPS) is 18.4. The first-order valence-corrected chi connectivity index (χ1v) is 14.2. The molecule has 0 bridgehead atoms. The maximum Gasteiger partial charge on any atom is 0.243 e. The minimum Gasteiger partial charge on any atom is -0.391 e. The zero-order valence-electron chi connectivity index (χ0n) is 23.5. The summed E-state index contributed by atoms with van der Waals surface area (Å²) in [5.41, 5.74) is 1.00. The van der Waals surface area contributed by atoms with Crippen LogP contribution in [-0.2, 0) is 20.8 Å². The zero-order chi connectivity index (χ0) is 27.4. The topological polar surface area (TPSA) is 108 Å². The maximum absolute atomic E-state index is 13.2. The van der Waals surface area contributed by atoms with Gasteiger partial charge < -0.3 is 21.1 Å². The highest BCUT2D eigenvalue weighted by Crippen LogP contribution is 2.29. The van der Waals surface area contributed by atoms with Crippen LogP contribution in [0.4, 0.5) is 0 Å². The van der Waals surface area contributed by atoms with Crippen LogP contribution in [0.25, 0.3) is 0 Å². The molecule has 0 radical (unpaired) electrons. The van der Waals surface area contributed by atoms with Gasteiger partial charge in [-0.05, 0) is 49.0 Å². The van der Waals surface area contributed by atoms with E-state index in [0.717, 1.165) is 37.7 Å². The van der Waals surface area contributed by atoms with E-state index in [1.54, 1.807) is 0 Å². The van der Waals surface area contributed by atoms with Crippen LogP contribution in [0, 0.1) is 17.8 Å². The van der Waals surface area contributed by atoms with E-state index in [-0.39, 0.29) is 29.7 Å². The number of hydrogen-bond acceptors (Lipinski definition) is 4. The van der Waals surface area contributed by atoms with Crippen molar-refractivity contribution in [2.24, 2.45) is 17.8 Å². The van der Waals surface area contributed by atoms with Gasteiger partial charge in [-0.25, -0.2) is 0 Å². The second-order valence-corrected chi connectivity index (χ2v) is 11.3. The summed E-state index contributed by atoms with van der Waals surface area (Å²) in [6.45, 7) is 9.33. The van der Waals surface area contributed by atoms with Gasteiger partial charge in [0.2, 0.25) is 17.7 Å². The Bertz CT molecular complexity index is 838. The van der Waals surface area contributed by atoms with Crippen LogP contribution >= 0.6 is 0 Å². The molecule has 1 aromatic carbocycles. The molecule has 5 atom stereocenters. The lowest BCUT2D eigenvalue weighted by Crippen LogP contribution is -2.56. The number of hydrogen-bond donors (Lipinski definition) is 4. The summed E-state index contributed by atoms with van der Waals surface area (Å²) in [6, 6.07) is 8.39. The lowest BCUT2D eigenvalue weighted by Gasteiger charge is -2.35. The molecule has 0 heterocycles. The molecule has 0 spiro atoms. The van der Waals surface area contributed by atoms with E-state index < -0.39 is 18.2 Å². The van der Waals surface area contributed by atoms with E-state index in [2.05, 4.69) is 29.8 Å². The lowest BCUT2D eigenvalue weighted by molar-refractivity contribution is -0.130. The van der Waals surface area contributed by atoms with Gasteiger partial charge in [0.05, 0.1) is 12.1 Å². The first kappa shape index (κ1) is 30.8. The Morgan fingerprint density at radius 2 is 1.62 bits per heavy atom. The van der Waals surface area contributed by atoms with Crippen LogP contribution in [0.15, 0.2) is 30.3 Å². The molecule has 7 nitrogen and oxygen atoms in total. The first-order valence-electron chi connectivity index (χ1n) is 14.2. The van der Waals surface area contributed by atoms with Crippen LogP contribution in [0.5, 0.6) is 0 Å². The minimum absolute atomic E-state index is 0.0336. The molecular formula is C30H49N3O4. The largest absolute Gasteiger partial charge is 0.391 e. The van der Waals surface area contributed by atoms with Crippen LogP contribution < -0.4 is 16.0 Å². The van der Waals surface area contributed by atoms with Gasteiger partial charge in [0, 0.05) is 19.4 Å². The predicted molar refractivity (Wildman–Crippen MR) is 148 cm³/mol. The van der Waals surface area contributed by atoms with Crippen molar-refractivity contribution in [3.05, 3.63) is 35.9 Å². The van der Waals surface area contributed by atoms with Crippen LogP contribution in [-0.4, -0.2) is 47.1 Å². The van der Waals surface area contributed by atoms with E-state index >= 15 is 0 Å². The minimum atomic E-state index is -0.856. The highest BCUT2D eigenvalue weighted by atomic mass is 16.3. The number of aliphatic hydroxyl groups excluding tert-OH is 1. The summed E-state index contributed by atoms with van der Waals surface area (Å²) in [7, 11) is 0. The Kier molecular flexibility index (Phi) is 13.1. The molecule has 0 saturated heterocycles. The molecule has 2 rings (SSSR count). The van der Waals surface area contributed by atoms with Crippen molar-refractivity contribution in [2.45, 2.75) is 117 Å². The Balaban J connectivity index is 2.23. The number of benzene rings is 1. The number of aliphatic hydroxyl groups is 1. The molecule has 208 valence electrons. The summed E-state index contributed by atoms with van der Waals surface area (Å²) in [4.78, 5) is 37.8. The third-order valence-electron chi connectivity index (χ3n) is 7.69. The third kappa shape index (κ3) is 10.8. The van der Waals surface area contributed by atoms with Gasteiger partial charge in [-0.15, -0.1) is 0 Å². The van der Waals surface area contributed by atoms with Crippen LogP contribution in [0.2, 0.25) is 0 Å². The molecule has 0 aromatic heterocycles. The SMILES string of the molecule is CCC(C)CC(=O)NC(C[C@H](O)C(Cc1ccccc1)NC(=O)[C@@H](NC(C)=O)C(C)C)C1CCCCC1. The molecular weight excluding hydrogens is 466 g/mol. The van der Waals surface area contributed by atoms with Crippen molar-refractivity contribution >= 4 is 17.7 Å². The van der Waals surface area contributed by atoms with E-state index in [1.807, 2.05) is 44.2 Å². The van der Waals surface area contributed by atoms with Gasteiger partial charge in [0.15, 0.2) is 0 Å². The molecule has 1 saturated carbocycles. The number of carbonyl (C=O) groups is 3. The van der Waals surface area contributed by atoms with Crippen LogP contribution in [0.1, 0.15) is 91.5 Å². The fraction of sp³-hybridized carbons (Fsp3) is 0.700. The third-order valence-corrected chi connectivity index (χ3v) is 7.69. The Labute approximate surface area is 223 Å². The van der Waals surface area contributed by atoms with E-state index in [1.165, 1.54) is 13.3 Å². The molecule has 1 fully saturated rings. The molecule has 0 aliphatic heterocycles. The average Bonchev–Trinajstić information content (AvgIpc) is 2.87. The van der Waals surface area contributed by atoms with Crippen LogP contribution in [0.3, 0.4) is 0 Å². The molecule has 3 amide bonds. The fourth-order valence-electron chi connectivity index (χ4n) is 5.23. The van der Waals surface area contributed by atoms with Gasteiger partial charge in [0.25, 0.3) is 0 Å². The molecule has 1 aliphatic rings.